The van der Waals surface area contributed by atoms with Gasteiger partial charge in [0.2, 0.25) is 5.91 Å². The lowest BCUT2D eigenvalue weighted by Gasteiger charge is -2.56. The van der Waals surface area contributed by atoms with E-state index in [2.05, 4.69) is 18.5 Å². The number of amides is 1. The van der Waals surface area contributed by atoms with Crippen LogP contribution >= 0.6 is 0 Å². The van der Waals surface area contributed by atoms with Crippen LogP contribution in [0.25, 0.3) is 0 Å². The van der Waals surface area contributed by atoms with Gasteiger partial charge in [0.25, 0.3) is 0 Å². The van der Waals surface area contributed by atoms with Crippen molar-refractivity contribution in [1.82, 2.24) is 19.0 Å². The van der Waals surface area contributed by atoms with Crippen LogP contribution in [0.4, 0.5) is 0 Å². The number of hydrogen-bond acceptors (Lipinski definition) is 4. The molecule has 8 heteroatoms. The summed E-state index contributed by atoms with van der Waals surface area (Å²) in [7, 11) is 0. The van der Waals surface area contributed by atoms with E-state index in [0.717, 1.165) is 33.0 Å². The van der Waals surface area contributed by atoms with Crippen molar-refractivity contribution in [2.45, 2.75) is 63.7 Å². The van der Waals surface area contributed by atoms with E-state index in [1.165, 1.54) is 31.4 Å². The van der Waals surface area contributed by atoms with Gasteiger partial charge in [-0.05, 0) is 56.3 Å². The summed E-state index contributed by atoms with van der Waals surface area (Å²) in [6.07, 6.45) is 9.54. The van der Waals surface area contributed by atoms with Crippen LogP contribution in [-0.4, -0.2) is 25.1 Å². The van der Waals surface area contributed by atoms with Crippen LogP contribution in [-0.2, 0) is 24.4 Å². The molecule has 1 heterocycles. The summed E-state index contributed by atoms with van der Waals surface area (Å²) in [6.45, 7) is 6.64. The summed E-state index contributed by atoms with van der Waals surface area (Å²) in [5.74, 6) is 1.66. The molecule has 0 spiro atoms. The Hall–Kier alpha value is -2.64. The molecule has 1 N–H and O–H groups in total. The molecule has 0 unspecified atom stereocenters. The van der Waals surface area contributed by atoms with Gasteiger partial charge in [-0.3, -0.25) is 4.79 Å². The third-order valence-corrected chi connectivity index (χ3v) is 6.75. The Morgan fingerprint density at radius 1 is 0.862 bits per heavy atom. The van der Waals surface area contributed by atoms with Gasteiger partial charge in [0.1, 0.15) is 6.54 Å². The third kappa shape index (κ3) is 3.45. The Morgan fingerprint density at radius 3 is 1.69 bits per heavy atom. The summed E-state index contributed by atoms with van der Waals surface area (Å²) < 4.78 is 2.66. The minimum Gasteiger partial charge on any atom is -0.349 e. The Labute approximate surface area is 168 Å². The summed E-state index contributed by atoms with van der Waals surface area (Å²) in [5.41, 5.74) is -2.51. The Bertz CT molecular complexity index is 945. The van der Waals surface area contributed by atoms with E-state index < -0.39 is 23.6 Å². The molecule has 0 atom stereocenters. The molecule has 4 fully saturated rings. The summed E-state index contributed by atoms with van der Waals surface area (Å²) in [6, 6.07) is 0. The topological polar surface area (TPSA) is 95.1 Å². The summed E-state index contributed by atoms with van der Waals surface area (Å²) in [5, 5.41) is 3.17. The van der Waals surface area contributed by atoms with E-state index >= 15 is 0 Å². The first-order valence-corrected chi connectivity index (χ1v) is 10.3. The van der Waals surface area contributed by atoms with Gasteiger partial charge < -0.3 is 5.32 Å². The number of rotatable bonds is 7. The summed E-state index contributed by atoms with van der Waals surface area (Å²) >= 11 is 0. The first kappa shape index (κ1) is 19.7. The molecule has 0 aromatic carbocycles. The van der Waals surface area contributed by atoms with Gasteiger partial charge in [-0.1, -0.05) is 12.2 Å². The van der Waals surface area contributed by atoms with Crippen molar-refractivity contribution in [3.05, 3.63) is 56.8 Å². The van der Waals surface area contributed by atoms with Crippen LogP contribution in [0.5, 0.6) is 0 Å². The maximum Gasteiger partial charge on any atom is 0.337 e. The van der Waals surface area contributed by atoms with Gasteiger partial charge >= 0.3 is 17.1 Å². The van der Waals surface area contributed by atoms with Gasteiger partial charge in [0, 0.05) is 5.54 Å². The highest BCUT2D eigenvalue weighted by Crippen LogP contribution is 2.55. The van der Waals surface area contributed by atoms with Crippen LogP contribution in [0, 0.1) is 17.8 Å². The molecule has 1 amide bonds. The molecule has 29 heavy (non-hydrogen) atoms. The normalized spacial score (nSPS) is 29.6. The van der Waals surface area contributed by atoms with Crippen LogP contribution in [0.1, 0.15) is 38.5 Å². The number of nitrogens with zero attached hydrogens (tertiary/aromatic N) is 3. The Morgan fingerprint density at radius 2 is 1.28 bits per heavy atom. The standard InChI is InChI=1S/C21H28N4O4/c1-3-5-23-18(27)24(6-4-2)20(29)25(19(23)28)13-17(26)22-21-10-14-7-15(11-21)9-16(8-14)12-21/h3-4,14-16H,1-2,5-13H2,(H,22,26). The molecule has 0 aliphatic heterocycles. The lowest BCUT2D eigenvalue weighted by molar-refractivity contribution is -0.127. The monoisotopic (exact) mass is 400 g/mol. The average Bonchev–Trinajstić information content (AvgIpc) is 2.64. The van der Waals surface area contributed by atoms with E-state index in [4.69, 9.17) is 0 Å². The van der Waals surface area contributed by atoms with Crippen molar-refractivity contribution in [2.24, 2.45) is 17.8 Å². The molecule has 0 saturated heterocycles. The number of hydrogen-bond donors (Lipinski definition) is 1. The van der Waals surface area contributed by atoms with E-state index in [0.29, 0.717) is 17.8 Å². The zero-order chi connectivity index (χ0) is 20.8. The molecule has 4 saturated carbocycles. The number of allylic oxidation sites excluding steroid dienone is 2. The molecule has 5 rings (SSSR count). The molecular weight excluding hydrogens is 372 g/mol. The maximum absolute atomic E-state index is 12.9. The predicted octanol–water partition coefficient (Wildman–Crippen LogP) is 0.629. The largest absolute Gasteiger partial charge is 0.349 e. The van der Waals surface area contributed by atoms with E-state index in [1.807, 2.05) is 0 Å². The maximum atomic E-state index is 12.9. The van der Waals surface area contributed by atoms with Gasteiger partial charge in [0.15, 0.2) is 0 Å². The van der Waals surface area contributed by atoms with E-state index in [1.54, 1.807) is 0 Å². The molecule has 0 radical (unpaired) electrons. The minimum absolute atomic E-state index is 0.0360. The average molecular weight is 400 g/mol. The third-order valence-electron chi connectivity index (χ3n) is 6.75. The molecule has 4 aliphatic rings. The van der Waals surface area contributed by atoms with Crippen molar-refractivity contribution in [2.75, 3.05) is 0 Å². The van der Waals surface area contributed by atoms with Crippen molar-refractivity contribution >= 4 is 5.91 Å². The molecule has 4 aliphatic carbocycles. The molecule has 1 aromatic heterocycles. The number of carbonyl (C=O) groups is 1. The van der Waals surface area contributed by atoms with Crippen LogP contribution in [0.15, 0.2) is 39.7 Å². The van der Waals surface area contributed by atoms with Crippen molar-refractivity contribution in [3.63, 3.8) is 0 Å². The molecule has 1 aromatic rings. The van der Waals surface area contributed by atoms with Gasteiger partial charge in [-0.2, -0.15) is 0 Å². The van der Waals surface area contributed by atoms with E-state index in [9.17, 15) is 19.2 Å². The van der Waals surface area contributed by atoms with E-state index in [-0.39, 0.29) is 24.5 Å². The second-order valence-corrected chi connectivity index (χ2v) is 8.98. The second-order valence-electron chi connectivity index (χ2n) is 8.98. The highest BCUT2D eigenvalue weighted by atomic mass is 16.2. The highest BCUT2D eigenvalue weighted by molar-refractivity contribution is 5.76. The van der Waals surface area contributed by atoms with Crippen LogP contribution in [0.2, 0.25) is 0 Å². The zero-order valence-corrected chi connectivity index (χ0v) is 16.6. The number of nitrogens with one attached hydrogen (secondary N) is 1. The Balaban J connectivity index is 1.62. The fourth-order valence-electron chi connectivity index (χ4n) is 6.13. The van der Waals surface area contributed by atoms with Gasteiger partial charge in [0.05, 0.1) is 13.1 Å². The summed E-state index contributed by atoms with van der Waals surface area (Å²) in [4.78, 5) is 50.8. The molecule has 156 valence electrons. The van der Waals surface area contributed by atoms with Crippen LogP contribution in [0.3, 0.4) is 0 Å². The fraction of sp³-hybridized carbons (Fsp3) is 0.619. The molecular formula is C21H28N4O4. The van der Waals surface area contributed by atoms with Crippen LogP contribution < -0.4 is 22.4 Å². The lowest BCUT2D eigenvalue weighted by Crippen LogP contribution is -2.61. The SMILES string of the molecule is C=CCn1c(=O)n(CC=C)c(=O)n(CC(=O)NC23CC4CC(CC(C4)C2)C3)c1=O. The quantitative estimate of drug-likeness (QED) is 0.679. The smallest absolute Gasteiger partial charge is 0.337 e. The van der Waals surface area contributed by atoms with Gasteiger partial charge in [-0.25, -0.2) is 28.1 Å². The lowest BCUT2D eigenvalue weighted by atomic mass is 9.53. The number of aromatic nitrogens is 3. The molecule has 4 bridgehead atoms. The fourth-order valence-corrected chi connectivity index (χ4v) is 6.13. The first-order chi connectivity index (χ1) is 13.9. The highest BCUT2D eigenvalue weighted by Gasteiger charge is 2.51. The first-order valence-electron chi connectivity index (χ1n) is 10.3. The van der Waals surface area contributed by atoms with Crippen molar-refractivity contribution < 1.29 is 4.79 Å². The zero-order valence-electron chi connectivity index (χ0n) is 16.6. The minimum atomic E-state index is -0.791. The Kier molecular flexibility index (Phi) is 4.96. The van der Waals surface area contributed by atoms with Crippen molar-refractivity contribution in [3.8, 4) is 0 Å². The molecule has 8 nitrogen and oxygen atoms in total. The van der Waals surface area contributed by atoms with Crippen molar-refractivity contribution in [1.29, 1.82) is 0 Å². The second kappa shape index (κ2) is 7.31. The van der Waals surface area contributed by atoms with Gasteiger partial charge in [-0.15, -0.1) is 13.2 Å². The number of carbonyl (C=O) groups excluding carboxylic acids is 1. The predicted molar refractivity (Wildman–Crippen MR) is 109 cm³/mol.